The first-order valence-corrected chi connectivity index (χ1v) is 17.4. The number of rotatable bonds is 10. The van der Waals surface area contributed by atoms with E-state index in [0.717, 1.165) is 30.1 Å². The van der Waals surface area contributed by atoms with Crippen LogP contribution < -0.4 is 16.2 Å². The molecule has 0 unspecified atom stereocenters. The van der Waals surface area contributed by atoms with E-state index >= 15 is 0 Å². The summed E-state index contributed by atoms with van der Waals surface area (Å²) in [4.78, 5) is 84.4. The van der Waals surface area contributed by atoms with E-state index in [4.69, 9.17) is 36.4 Å². The number of hydrogen-bond donors (Lipinski definition) is 7. The van der Waals surface area contributed by atoms with Gasteiger partial charge in [-0.1, -0.05) is 11.6 Å². The van der Waals surface area contributed by atoms with Crippen LogP contribution in [-0.2, 0) is 27.3 Å². The van der Waals surface area contributed by atoms with Gasteiger partial charge in [-0.15, -0.1) is 21.5 Å². The molecule has 1 aliphatic heterocycles. The zero-order valence-corrected chi connectivity index (χ0v) is 29.9. The summed E-state index contributed by atoms with van der Waals surface area (Å²) in [5.41, 5.74) is -1.88. The van der Waals surface area contributed by atoms with Crippen molar-refractivity contribution < 1.29 is 48.8 Å². The zero-order chi connectivity index (χ0) is 38.6. The number of halogens is 1. The lowest BCUT2D eigenvalue weighted by atomic mass is 9.82. The van der Waals surface area contributed by atoms with Crippen LogP contribution in [0.3, 0.4) is 0 Å². The molecule has 2 aliphatic rings. The Hall–Kier alpha value is -5.31. The predicted molar refractivity (Wildman–Crippen MR) is 185 cm³/mol. The number of nitrogens with zero attached hydrogens (tertiary/aromatic N) is 5. The van der Waals surface area contributed by atoms with Crippen molar-refractivity contribution in [1.29, 1.82) is 0 Å². The van der Waals surface area contributed by atoms with E-state index < -0.39 is 59.9 Å². The first-order chi connectivity index (χ1) is 25.0. The average molecular weight is 775 g/mol. The summed E-state index contributed by atoms with van der Waals surface area (Å²) in [6.45, 7) is 3.40. The maximum absolute atomic E-state index is 13.4. The number of amides is 2. The Bertz CT molecular complexity index is 2100. The molecule has 1 saturated carbocycles. The van der Waals surface area contributed by atoms with Crippen molar-refractivity contribution >= 4 is 63.6 Å². The summed E-state index contributed by atoms with van der Waals surface area (Å²) < 4.78 is 5.68. The van der Waals surface area contributed by atoms with E-state index in [1.54, 1.807) is 19.1 Å². The van der Waals surface area contributed by atoms with Crippen molar-refractivity contribution in [3.8, 4) is 0 Å². The number of aliphatic carboxylic acids is 3. The third-order valence-electron chi connectivity index (χ3n) is 8.67. The smallest absolute Gasteiger partial charge is 0.336 e. The molecule has 6 rings (SSSR count). The Balaban J connectivity index is 0.000000357. The molecule has 2 amide bonds. The number of carboxylic acids is 3. The standard InChI is InChI=1S/C26H27ClN8O4S.C6H8O7/c1-12-33-34-25(39-12)13-3-5-17(29-23(37)21-28-16-6-4-14(27)10-15(16)22(36)32-21)19(9-13)30-24(38)26-31-18-7-8-35(2)11-20(18)40-26;7-3(8)1-6(13,5(11)12)2-4(9)10/h4,6,10,13,17,19H,3,5,7-9,11H2,1-2H3,(H,29,37)(H,30,38)(H,28,32,36);13H,1-2H2,(H,7,8)(H,9,10)(H,11,12)/t13-,17-,19+;/m0./s1. The van der Waals surface area contributed by atoms with Gasteiger partial charge in [-0.05, 0) is 44.5 Å². The largest absolute Gasteiger partial charge is 0.481 e. The van der Waals surface area contributed by atoms with E-state index in [0.29, 0.717) is 52.0 Å². The predicted octanol–water partition coefficient (Wildman–Crippen LogP) is 1.33. The summed E-state index contributed by atoms with van der Waals surface area (Å²) in [5.74, 6) is -5.07. The molecule has 3 aromatic heterocycles. The molecule has 7 N–H and O–H groups in total. The maximum atomic E-state index is 13.4. The van der Waals surface area contributed by atoms with E-state index in [2.05, 4.69) is 40.7 Å². The number of nitrogens with one attached hydrogen (secondary N) is 3. The molecule has 21 heteroatoms. The molecule has 53 heavy (non-hydrogen) atoms. The van der Waals surface area contributed by atoms with Crippen molar-refractivity contribution in [2.24, 2.45) is 0 Å². The van der Waals surface area contributed by atoms with E-state index in [1.807, 2.05) is 7.05 Å². The fourth-order valence-electron chi connectivity index (χ4n) is 6.03. The van der Waals surface area contributed by atoms with Crippen LogP contribution >= 0.6 is 22.9 Å². The van der Waals surface area contributed by atoms with Crippen molar-refractivity contribution in [3.63, 3.8) is 0 Å². The average Bonchev–Trinajstić information content (AvgIpc) is 3.71. The fourth-order valence-corrected chi connectivity index (χ4v) is 7.30. The van der Waals surface area contributed by atoms with Gasteiger partial charge in [0.2, 0.25) is 11.8 Å². The third kappa shape index (κ3) is 9.57. The minimum atomic E-state index is -2.74. The lowest BCUT2D eigenvalue weighted by Gasteiger charge is -2.35. The highest BCUT2D eigenvalue weighted by Crippen LogP contribution is 2.33. The van der Waals surface area contributed by atoms with Crippen LogP contribution in [0.5, 0.6) is 0 Å². The fraction of sp³-hybridized carbons (Fsp3) is 0.438. The number of hydrogen-bond acceptors (Lipinski definition) is 14. The topological polar surface area (TPSA) is 291 Å². The van der Waals surface area contributed by atoms with Crippen LogP contribution in [0.15, 0.2) is 27.4 Å². The molecule has 4 aromatic rings. The number of benzene rings is 1. The number of aliphatic hydroxyl groups is 1. The number of carbonyl (C=O) groups is 5. The molecule has 0 spiro atoms. The first-order valence-electron chi connectivity index (χ1n) is 16.2. The third-order valence-corrected chi connectivity index (χ3v) is 9.99. The summed E-state index contributed by atoms with van der Waals surface area (Å²) in [6, 6.07) is 3.89. The molecule has 19 nitrogen and oxygen atoms in total. The number of aromatic nitrogens is 5. The molecule has 4 heterocycles. The van der Waals surface area contributed by atoms with Crippen LogP contribution in [0, 0.1) is 6.92 Å². The molecular weight excluding hydrogens is 740 g/mol. The van der Waals surface area contributed by atoms with E-state index in [-0.39, 0.29) is 17.6 Å². The first kappa shape index (κ1) is 38.9. The second kappa shape index (κ2) is 16.1. The van der Waals surface area contributed by atoms with Gasteiger partial charge in [-0.25, -0.2) is 9.78 Å². The van der Waals surface area contributed by atoms with Crippen LogP contribution in [0.2, 0.25) is 5.02 Å². The number of fused-ring (bicyclic) bond motifs is 2. The second-order valence-electron chi connectivity index (χ2n) is 12.8. The van der Waals surface area contributed by atoms with Crippen LogP contribution in [0.1, 0.15) is 80.8 Å². The van der Waals surface area contributed by atoms with Crippen LogP contribution in [-0.4, -0.2) is 111 Å². The zero-order valence-electron chi connectivity index (χ0n) is 28.3. The summed E-state index contributed by atoms with van der Waals surface area (Å²) in [6.07, 6.45) is 0.196. The van der Waals surface area contributed by atoms with E-state index in [9.17, 15) is 28.8 Å². The molecule has 0 radical (unpaired) electrons. The number of carboxylic acid groups (broad SMARTS) is 3. The Labute approximate surface area is 308 Å². The van der Waals surface area contributed by atoms with Gasteiger partial charge in [0.15, 0.2) is 16.4 Å². The molecule has 1 aromatic carbocycles. The highest BCUT2D eigenvalue weighted by Gasteiger charge is 2.41. The summed E-state index contributed by atoms with van der Waals surface area (Å²) >= 11 is 7.40. The Morgan fingerprint density at radius 1 is 1.04 bits per heavy atom. The van der Waals surface area contributed by atoms with Crippen molar-refractivity contribution in [2.75, 3.05) is 13.6 Å². The van der Waals surface area contributed by atoms with Gasteiger partial charge in [0.1, 0.15) is 0 Å². The SMILES string of the molecule is Cc1nnc([C@H]2CC[C@H](NC(=O)c3nc(=O)c4cc(Cl)ccc4[nH]3)[C@H](NC(=O)c3nc4c(s3)CN(C)CC4)C2)o1.O=C(O)CC(O)(CC(=O)O)C(=O)O. The molecule has 0 bridgehead atoms. The molecule has 1 aliphatic carbocycles. The minimum Gasteiger partial charge on any atom is -0.481 e. The number of aryl methyl sites for hydroxylation is 1. The van der Waals surface area contributed by atoms with Gasteiger partial charge in [0.25, 0.3) is 17.4 Å². The molecule has 0 saturated heterocycles. The number of H-pyrrole nitrogens is 1. The van der Waals surface area contributed by atoms with Crippen LogP contribution in [0.4, 0.5) is 0 Å². The monoisotopic (exact) mass is 774 g/mol. The Morgan fingerprint density at radius 3 is 2.38 bits per heavy atom. The maximum Gasteiger partial charge on any atom is 0.336 e. The van der Waals surface area contributed by atoms with Crippen molar-refractivity contribution in [2.45, 2.75) is 75.6 Å². The minimum absolute atomic E-state index is 0.0823. The molecule has 282 valence electrons. The van der Waals surface area contributed by atoms with Crippen LogP contribution in [0.25, 0.3) is 10.9 Å². The number of aromatic amines is 1. The van der Waals surface area contributed by atoms with Crippen molar-refractivity contribution in [3.05, 3.63) is 66.8 Å². The Kier molecular flexibility index (Phi) is 11.9. The molecule has 1 fully saturated rings. The lowest BCUT2D eigenvalue weighted by Crippen LogP contribution is -2.54. The quantitative estimate of drug-likeness (QED) is 0.120. The highest BCUT2D eigenvalue weighted by molar-refractivity contribution is 7.13. The number of likely N-dealkylation sites (N-methyl/N-ethyl adjacent to an activating group) is 1. The number of carbonyl (C=O) groups excluding carboxylic acids is 2. The second-order valence-corrected chi connectivity index (χ2v) is 14.3. The normalized spacial score (nSPS) is 18.7. The Morgan fingerprint density at radius 2 is 1.74 bits per heavy atom. The van der Waals surface area contributed by atoms with Gasteiger partial charge < -0.3 is 45.4 Å². The van der Waals surface area contributed by atoms with Gasteiger partial charge in [0, 0.05) is 48.3 Å². The van der Waals surface area contributed by atoms with Crippen molar-refractivity contribution in [1.82, 2.24) is 40.7 Å². The van der Waals surface area contributed by atoms with Gasteiger partial charge in [-0.2, -0.15) is 4.98 Å². The highest BCUT2D eigenvalue weighted by atomic mass is 35.5. The van der Waals surface area contributed by atoms with Gasteiger partial charge in [-0.3, -0.25) is 24.0 Å². The van der Waals surface area contributed by atoms with Gasteiger partial charge in [0.05, 0.1) is 35.5 Å². The van der Waals surface area contributed by atoms with Gasteiger partial charge >= 0.3 is 17.9 Å². The lowest BCUT2D eigenvalue weighted by molar-refractivity contribution is -0.170. The number of thiazole rings is 1. The summed E-state index contributed by atoms with van der Waals surface area (Å²) in [5, 5.41) is 49.1. The molecular formula is C32H35ClN8O11S. The summed E-state index contributed by atoms with van der Waals surface area (Å²) in [7, 11) is 2.05. The molecule has 3 atom stereocenters. The van der Waals surface area contributed by atoms with E-state index in [1.165, 1.54) is 17.4 Å².